The second-order valence-electron chi connectivity index (χ2n) is 6.16. The van der Waals surface area contributed by atoms with E-state index >= 15 is 0 Å². The molecule has 4 nitrogen and oxygen atoms in total. The van der Waals surface area contributed by atoms with E-state index in [0.717, 1.165) is 26.1 Å². The third-order valence-corrected chi connectivity index (χ3v) is 4.29. The highest BCUT2D eigenvalue weighted by Gasteiger charge is 2.37. The van der Waals surface area contributed by atoms with Crippen molar-refractivity contribution in [1.82, 2.24) is 10.2 Å². The average molecular weight is 284 g/mol. The molecular weight excluding hydrogens is 252 g/mol. The van der Waals surface area contributed by atoms with Crippen LogP contribution in [0.2, 0.25) is 0 Å². The molecule has 0 aliphatic carbocycles. The molecule has 4 heteroatoms. The maximum atomic E-state index is 12.2. The lowest BCUT2D eigenvalue weighted by atomic mass is 9.94. The predicted octanol–water partition coefficient (Wildman–Crippen LogP) is 2.57. The molecule has 1 N–H and O–H groups in total. The first-order valence-corrected chi connectivity index (χ1v) is 8.14. The van der Waals surface area contributed by atoms with Gasteiger partial charge < -0.3 is 10.1 Å². The maximum Gasteiger partial charge on any atom is 0.327 e. The maximum absolute atomic E-state index is 12.2. The van der Waals surface area contributed by atoms with Crippen LogP contribution in [-0.2, 0) is 9.53 Å². The molecule has 0 saturated carbocycles. The second kappa shape index (κ2) is 8.63. The average Bonchev–Trinajstić information content (AvgIpc) is 2.46. The molecule has 1 heterocycles. The third-order valence-electron chi connectivity index (χ3n) is 4.29. The van der Waals surface area contributed by atoms with E-state index in [9.17, 15) is 4.79 Å². The number of likely N-dealkylation sites (tertiary alicyclic amines) is 1. The molecular formula is C16H32N2O2. The number of ether oxygens (including phenoxy) is 1. The number of hydrogen-bond donors (Lipinski definition) is 1. The molecule has 0 aromatic heterocycles. The SMILES string of the molecule is CCCNC(C)(CN1CCCCC1CCC)C(=O)OC. The molecule has 1 saturated heterocycles. The van der Waals surface area contributed by atoms with Crippen molar-refractivity contribution in [2.75, 3.05) is 26.7 Å². The summed E-state index contributed by atoms with van der Waals surface area (Å²) in [6.45, 7) is 9.03. The molecule has 0 bridgehead atoms. The second-order valence-corrected chi connectivity index (χ2v) is 6.16. The first-order valence-electron chi connectivity index (χ1n) is 8.14. The molecule has 0 aromatic rings. The summed E-state index contributed by atoms with van der Waals surface area (Å²) in [4.78, 5) is 14.7. The van der Waals surface area contributed by atoms with Crippen LogP contribution in [0.3, 0.4) is 0 Å². The number of carbonyl (C=O) groups is 1. The summed E-state index contributed by atoms with van der Waals surface area (Å²) in [6.07, 6.45) is 7.27. The summed E-state index contributed by atoms with van der Waals surface area (Å²) in [5.74, 6) is -0.147. The number of carbonyl (C=O) groups excluding carboxylic acids is 1. The number of nitrogens with zero attached hydrogens (tertiary/aromatic N) is 1. The van der Waals surface area contributed by atoms with E-state index in [1.165, 1.54) is 39.2 Å². The van der Waals surface area contributed by atoms with Gasteiger partial charge in [0.15, 0.2) is 0 Å². The number of rotatable bonds is 8. The van der Waals surface area contributed by atoms with Crippen molar-refractivity contribution in [3.63, 3.8) is 0 Å². The van der Waals surface area contributed by atoms with Crippen molar-refractivity contribution >= 4 is 5.97 Å². The van der Waals surface area contributed by atoms with Gasteiger partial charge in [-0.15, -0.1) is 0 Å². The van der Waals surface area contributed by atoms with Gasteiger partial charge in [-0.3, -0.25) is 9.69 Å². The highest BCUT2D eigenvalue weighted by Crippen LogP contribution is 2.23. The quantitative estimate of drug-likeness (QED) is 0.696. The Morgan fingerprint density at radius 3 is 2.70 bits per heavy atom. The van der Waals surface area contributed by atoms with E-state index in [-0.39, 0.29) is 5.97 Å². The molecule has 1 fully saturated rings. The van der Waals surface area contributed by atoms with E-state index in [2.05, 4.69) is 24.1 Å². The van der Waals surface area contributed by atoms with Gasteiger partial charge in [-0.05, 0) is 45.7 Å². The predicted molar refractivity (Wildman–Crippen MR) is 82.8 cm³/mol. The van der Waals surface area contributed by atoms with Crippen molar-refractivity contribution in [2.24, 2.45) is 0 Å². The van der Waals surface area contributed by atoms with Gasteiger partial charge >= 0.3 is 5.97 Å². The Hall–Kier alpha value is -0.610. The van der Waals surface area contributed by atoms with E-state index in [4.69, 9.17) is 4.74 Å². The van der Waals surface area contributed by atoms with Gasteiger partial charge in [-0.1, -0.05) is 26.7 Å². The number of methoxy groups -OCH3 is 1. The molecule has 0 radical (unpaired) electrons. The van der Waals surface area contributed by atoms with Crippen molar-refractivity contribution in [3.05, 3.63) is 0 Å². The van der Waals surface area contributed by atoms with Gasteiger partial charge in [0.2, 0.25) is 0 Å². The highest BCUT2D eigenvalue weighted by atomic mass is 16.5. The Kier molecular flexibility index (Phi) is 7.52. The topological polar surface area (TPSA) is 41.6 Å². The van der Waals surface area contributed by atoms with Crippen molar-refractivity contribution < 1.29 is 9.53 Å². The van der Waals surface area contributed by atoms with Crippen molar-refractivity contribution in [1.29, 1.82) is 0 Å². The van der Waals surface area contributed by atoms with Gasteiger partial charge in [-0.2, -0.15) is 0 Å². The van der Waals surface area contributed by atoms with Crippen LogP contribution in [0.1, 0.15) is 59.3 Å². The summed E-state index contributed by atoms with van der Waals surface area (Å²) >= 11 is 0. The molecule has 1 aliphatic rings. The molecule has 118 valence electrons. The summed E-state index contributed by atoms with van der Waals surface area (Å²) in [5.41, 5.74) is -0.589. The van der Waals surface area contributed by atoms with Crippen LogP contribution < -0.4 is 5.32 Å². The smallest absolute Gasteiger partial charge is 0.327 e. The minimum Gasteiger partial charge on any atom is -0.468 e. The van der Waals surface area contributed by atoms with E-state index < -0.39 is 5.54 Å². The monoisotopic (exact) mass is 284 g/mol. The summed E-state index contributed by atoms with van der Waals surface area (Å²) in [7, 11) is 1.48. The minimum atomic E-state index is -0.589. The van der Waals surface area contributed by atoms with Crippen LogP contribution in [0.5, 0.6) is 0 Å². The third kappa shape index (κ3) is 4.74. The standard InChI is InChI=1S/C16H32N2O2/c1-5-9-14-10-7-8-12-18(14)13-16(3,15(19)20-4)17-11-6-2/h14,17H,5-13H2,1-4H3. The fourth-order valence-corrected chi connectivity index (χ4v) is 3.15. The molecule has 20 heavy (non-hydrogen) atoms. The molecule has 2 unspecified atom stereocenters. The summed E-state index contributed by atoms with van der Waals surface area (Å²) in [6, 6.07) is 0.626. The molecule has 1 rings (SSSR count). The van der Waals surface area contributed by atoms with Crippen LogP contribution in [-0.4, -0.2) is 49.2 Å². The summed E-state index contributed by atoms with van der Waals surface area (Å²) < 4.78 is 5.02. The number of hydrogen-bond acceptors (Lipinski definition) is 4. The van der Waals surface area contributed by atoms with Gasteiger partial charge in [0, 0.05) is 12.6 Å². The largest absolute Gasteiger partial charge is 0.468 e. The first-order chi connectivity index (χ1) is 9.57. The fraction of sp³-hybridized carbons (Fsp3) is 0.938. The molecule has 0 spiro atoms. The Labute approximate surface area is 124 Å². The van der Waals surface area contributed by atoms with Gasteiger partial charge in [-0.25, -0.2) is 0 Å². The van der Waals surface area contributed by atoms with Gasteiger partial charge in [0.25, 0.3) is 0 Å². The molecule has 0 aromatic carbocycles. The lowest BCUT2D eigenvalue weighted by Crippen LogP contribution is -2.59. The zero-order valence-corrected chi connectivity index (χ0v) is 13.7. The zero-order valence-electron chi connectivity index (χ0n) is 13.7. The first kappa shape index (κ1) is 17.4. The molecule has 2 atom stereocenters. The highest BCUT2D eigenvalue weighted by molar-refractivity contribution is 5.80. The van der Waals surface area contributed by atoms with Crippen molar-refractivity contribution in [2.45, 2.75) is 70.9 Å². The van der Waals surface area contributed by atoms with E-state index in [0.29, 0.717) is 6.04 Å². The van der Waals surface area contributed by atoms with E-state index in [1.807, 2.05) is 6.92 Å². The molecule has 0 amide bonds. The van der Waals surface area contributed by atoms with E-state index in [1.54, 1.807) is 0 Å². The van der Waals surface area contributed by atoms with Crippen LogP contribution in [0.4, 0.5) is 0 Å². The summed E-state index contributed by atoms with van der Waals surface area (Å²) in [5, 5.41) is 3.39. The number of piperidine rings is 1. The Morgan fingerprint density at radius 1 is 1.35 bits per heavy atom. The molecule has 1 aliphatic heterocycles. The van der Waals surface area contributed by atoms with Crippen LogP contribution in [0, 0.1) is 0 Å². The Morgan fingerprint density at radius 2 is 2.10 bits per heavy atom. The van der Waals surface area contributed by atoms with Gasteiger partial charge in [0.05, 0.1) is 7.11 Å². The van der Waals surface area contributed by atoms with Crippen LogP contribution in [0.15, 0.2) is 0 Å². The number of nitrogens with one attached hydrogen (secondary N) is 1. The Balaban J connectivity index is 2.73. The zero-order chi connectivity index (χ0) is 15.0. The lowest BCUT2D eigenvalue weighted by Gasteiger charge is -2.41. The minimum absolute atomic E-state index is 0.147. The lowest BCUT2D eigenvalue weighted by molar-refractivity contribution is -0.149. The van der Waals surface area contributed by atoms with Gasteiger partial charge in [0.1, 0.15) is 5.54 Å². The Bertz CT molecular complexity index is 294. The normalized spacial score (nSPS) is 23.3. The van der Waals surface area contributed by atoms with Crippen LogP contribution in [0.25, 0.3) is 0 Å². The fourth-order valence-electron chi connectivity index (χ4n) is 3.15. The van der Waals surface area contributed by atoms with Crippen LogP contribution >= 0.6 is 0 Å². The van der Waals surface area contributed by atoms with Crippen molar-refractivity contribution in [3.8, 4) is 0 Å². The number of esters is 1.